The van der Waals surface area contributed by atoms with E-state index < -0.39 is 0 Å². The molecule has 1 N–H and O–H groups in total. The Morgan fingerprint density at radius 2 is 1.82 bits per heavy atom. The Labute approximate surface area is 130 Å². The van der Waals surface area contributed by atoms with Gasteiger partial charge in [0.05, 0.1) is 6.20 Å². The molecule has 1 aliphatic rings. The molecule has 0 aliphatic carbocycles. The quantitative estimate of drug-likeness (QED) is 0.849. The Bertz CT molecular complexity index is 607. The molecular formula is C16H20N6. The van der Waals surface area contributed by atoms with Crippen molar-refractivity contribution in [2.75, 3.05) is 47.8 Å². The zero-order chi connectivity index (χ0) is 15.2. The highest BCUT2D eigenvalue weighted by Gasteiger charge is 2.19. The van der Waals surface area contributed by atoms with Gasteiger partial charge in [-0.25, -0.2) is 0 Å². The summed E-state index contributed by atoms with van der Waals surface area (Å²) < 4.78 is 0. The summed E-state index contributed by atoms with van der Waals surface area (Å²) in [6.45, 7) is 8.04. The standard InChI is InChI=1S/C16H20N6/c1-2-8-17-15-13-18-20-16(19-15)22-11-9-21(10-12-22)14-6-4-3-5-7-14/h2-7,13H,1,8-12H2,(H,17,19,20). The topological polar surface area (TPSA) is 57.2 Å². The predicted molar refractivity (Wildman–Crippen MR) is 89.4 cm³/mol. The van der Waals surface area contributed by atoms with Gasteiger partial charge in [0.15, 0.2) is 5.82 Å². The lowest BCUT2D eigenvalue weighted by atomic mass is 10.2. The van der Waals surface area contributed by atoms with Gasteiger partial charge in [-0.1, -0.05) is 24.3 Å². The monoisotopic (exact) mass is 296 g/mol. The van der Waals surface area contributed by atoms with E-state index in [4.69, 9.17) is 0 Å². The zero-order valence-corrected chi connectivity index (χ0v) is 12.5. The molecule has 1 aromatic carbocycles. The van der Waals surface area contributed by atoms with Gasteiger partial charge in [-0.2, -0.15) is 10.1 Å². The fourth-order valence-corrected chi connectivity index (χ4v) is 2.49. The molecule has 0 atom stereocenters. The van der Waals surface area contributed by atoms with Crippen LogP contribution in [0.3, 0.4) is 0 Å². The van der Waals surface area contributed by atoms with Crippen LogP contribution in [0.15, 0.2) is 49.2 Å². The van der Waals surface area contributed by atoms with Gasteiger partial charge in [0.25, 0.3) is 0 Å². The van der Waals surface area contributed by atoms with Crippen LogP contribution in [-0.2, 0) is 0 Å². The molecule has 0 saturated carbocycles. The van der Waals surface area contributed by atoms with Crippen molar-refractivity contribution in [1.82, 2.24) is 15.2 Å². The predicted octanol–water partition coefficient (Wildman–Crippen LogP) is 1.80. The summed E-state index contributed by atoms with van der Waals surface area (Å²) in [5.41, 5.74) is 1.27. The van der Waals surface area contributed by atoms with Gasteiger partial charge in [0, 0.05) is 38.4 Å². The first-order valence-corrected chi connectivity index (χ1v) is 7.46. The van der Waals surface area contributed by atoms with Crippen LogP contribution in [0.2, 0.25) is 0 Å². The van der Waals surface area contributed by atoms with Crippen molar-refractivity contribution in [3.63, 3.8) is 0 Å². The zero-order valence-electron chi connectivity index (χ0n) is 12.5. The van der Waals surface area contributed by atoms with E-state index in [0.29, 0.717) is 12.5 Å². The van der Waals surface area contributed by atoms with Crippen molar-refractivity contribution in [3.05, 3.63) is 49.2 Å². The van der Waals surface area contributed by atoms with Gasteiger partial charge >= 0.3 is 0 Å². The minimum atomic E-state index is 0.667. The van der Waals surface area contributed by atoms with E-state index in [0.717, 1.165) is 32.0 Å². The summed E-state index contributed by atoms with van der Waals surface area (Å²) >= 11 is 0. The summed E-state index contributed by atoms with van der Waals surface area (Å²) in [4.78, 5) is 9.06. The largest absolute Gasteiger partial charge is 0.368 e. The number of nitrogens with zero attached hydrogens (tertiary/aromatic N) is 5. The molecule has 0 bridgehead atoms. The highest BCUT2D eigenvalue weighted by Crippen LogP contribution is 2.18. The van der Waals surface area contributed by atoms with E-state index in [2.05, 4.69) is 61.1 Å². The van der Waals surface area contributed by atoms with Crippen LogP contribution < -0.4 is 15.1 Å². The Morgan fingerprint density at radius 3 is 2.55 bits per heavy atom. The van der Waals surface area contributed by atoms with Crippen LogP contribution in [-0.4, -0.2) is 47.9 Å². The van der Waals surface area contributed by atoms with E-state index in [1.807, 2.05) is 6.07 Å². The summed E-state index contributed by atoms with van der Waals surface area (Å²) in [6, 6.07) is 10.5. The fraction of sp³-hybridized carbons (Fsp3) is 0.312. The lowest BCUT2D eigenvalue weighted by Gasteiger charge is -2.35. The molecular weight excluding hydrogens is 276 g/mol. The number of rotatable bonds is 5. The number of anilines is 3. The Balaban J connectivity index is 1.62. The first kappa shape index (κ1) is 14.3. The molecule has 0 spiro atoms. The number of benzene rings is 1. The molecule has 0 unspecified atom stereocenters. The number of nitrogens with one attached hydrogen (secondary N) is 1. The van der Waals surface area contributed by atoms with E-state index in [1.165, 1.54) is 5.69 Å². The number of aromatic nitrogens is 3. The lowest BCUT2D eigenvalue weighted by Crippen LogP contribution is -2.47. The van der Waals surface area contributed by atoms with E-state index >= 15 is 0 Å². The van der Waals surface area contributed by atoms with Crippen molar-refractivity contribution in [1.29, 1.82) is 0 Å². The molecule has 1 aromatic heterocycles. The maximum absolute atomic E-state index is 4.51. The second kappa shape index (κ2) is 6.89. The van der Waals surface area contributed by atoms with Gasteiger partial charge in [-0.3, -0.25) is 0 Å². The minimum absolute atomic E-state index is 0.667. The van der Waals surface area contributed by atoms with Crippen LogP contribution in [0.25, 0.3) is 0 Å². The molecule has 2 heterocycles. The third-order valence-electron chi connectivity index (χ3n) is 3.66. The minimum Gasteiger partial charge on any atom is -0.368 e. The van der Waals surface area contributed by atoms with Gasteiger partial charge in [0.1, 0.15) is 0 Å². The summed E-state index contributed by atoms with van der Waals surface area (Å²) in [7, 11) is 0. The maximum Gasteiger partial charge on any atom is 0.247 e. The summed E-state index contributed by atoms with van der Waals surface area (Å²) in [6.07, 6.45) is 3.42. The average Bonchev–Trinajstić information content (AvgIpc) is 2.61. The summed E-state index contributed by atoms with van der Waals surface area (Å²) in [5, 5.41) is 11.3. The molecule has 6 nitrogen and oxygen atoms in total. The van der Waals surface area contributed by atoms with Crippen molar-refractivity contribution in [2.24, 2.45) is 0 Å². The second-order valence-corrected chi connectivity index (χ2v) is 5.12. The van der Waals surface area contributed by atoms with E-state index in [1.54, 1.807) is 12.3 Å². The molecule has 114 valence electrons. The molecule has 6 heteroatoms. The third kappa shape index (κ3) is 3.33. The van der Waals surface area contributed by atoms with Crippen molar-refractivity contribution in [3.8, 4) is 0 Å². The molecule has 1 aliphatic heterocycles. The van der Waals surface area contributed by atoms with Gasteiger partial charge in [0.2, 0.25) is 5.95 Å². The maximum atomic E-state index is 4.51. The normalized spacial score (nSPS) is 14.7. The fourth-order valence-electron chi connectivity index (χ4n) is 2.49. The Morgan fingerprint density at radius 1 is 1.09 bits per heavy atom. The molecule has 1 fully saturated rings. The van der Waals surface area contributed by atoms with Gasteiger partial charge < -0.3 is 15.1 Å². The van der Waals surface area contributed by atoms with Crippen LogP contribution in [0.1, 0.15) is 0 Å². The third-order valence-corrected chi connectivity index (χ3v) is 3.66. The highest BCUT2D eigenvalue weighted by molar-refractivity contribution is 5.48. The first-order valence-electron chi connectivity index (χ1n) is 7.46. The van der Waals surface area contributed by atoms with Crippen LogP contribution >= 0.6 is 0 Å². The van der Waals surface area contributed by atoms with Crippen molar-refractivity contribution < 1.29 is 0 Å². The van der Waals surface area contributed by atoms with Gasteiger partial charge in [-0.15, -0.1) is 11.7 Å². The first-order chi connectivity index (χ1) is 10.9. The SMILES string of the molecule is C=CCNc1cnnc(N2CCN(c3ccccc3)CC2)n1. The lowest BCUT2D eigenvalue weighted by molar-refractivity contribution is 0.635. The number of hydrogen-bond acceptors (Lipinski definition) is 6. The summed E-state index contributed by atoms with van der Waals surface area (Å²) in [5.74, 6) is 1.41. The van der Waals surface area contributed by atoms with Crippen LogP contribution in [0.4, 0.5) is 17.5 Å². The Hall–Kier alpha value is -2.63. The van der Waals surface area contributed by atoms with E-state index in [-0.39, 0.29) is 0 Å². The number of hydrogen-bond donors (Lipinski definition) is 1. The molecule has 1 saturated heterocycles. The average molecular weight is 296 g/mol. The van der Waals surface area contributed by atoms with Crippen molar-refractivity contribution in [2.45, 2.75) is 0 Å². The van der Waals surface area contributed by atoms with Crippen LogP contribution in [0, 0.1) is 0 Å². The highest BCUT2D eigenvalue weighted by atomic mass is 15.4. The smallest absolute Gasteiger partial charge is 0.247 e. The molecule has 2 aromatic rings. The van der Waals surface area contributed by atoms with Crippen molar-refractivity contribution >= 4 is 17.5 Å². The van der Waals surface area contributed by atoms with Gasteiger partial charge in [-0.05, 0) is 12.1 Å². The Kier molecular flexibility index (Phi) is 4.48. The molecule has 3 rings (SSSR count). The molecule has 0 radical (unpaired) electrons. The molecule has 22 heavy (non-hydrogen) atoms. The number of para-hydroxylation sites is 1. The van der Waals surface area contributed by atoms with Crippen LogP contribution in [0.5, 0.6) is 0 Å². The molecule has 0 amide bonds. The second-order valence-electron chi connectivity index (χ2n) is 5.12. The number of piperazine rings is 1. The van der Waals surface area contributed by atoms with E-state index in [9.17, 15) is 0 Å².